The molecular weight excluding hydrogens is 346 g/mol. The molecule has 0 radical (unpaired) electrons. The van der Waals surface area contributed by atoms with Gasteiger partial charge in [-0.25, -0.2) is 9.78 Å². The van der Waals surface area contributed by atoms with Crippen LogP contribution in [0.1, 0.15) is 16.2 Å². The summed E-state index contributed by atoms with van der Waals surface area (Å²) in [6.07, 6.45) is -0.141. The monoisotopic (exact) mass is 357 g/mol. The number of carboxylic acids is 1. The maximum atomic E-state index is 12.1. The largest absolute Gasteiger partial charge is 0.478 e. The van der Waals surface area contributed by atoms with Gasteiger partial charge in [-0.15, -0.1) is 0 Å². The Morgan fingerprint density at radius 3 is 2.56 bits per heavy atom. The summed E-state index contributed by atoms with van der Waals surface area (Å²) in [6, 6.07) is 10.6. The van der Waals surface area contributed by atoms with Crippen LogP contribution in [0.25, 0.3) is 10.9 Å². The number of halogens is 1. The minimum Gasteiger partial charge on any atom is -0.478 e. The van der Waals surface area contributed by atoms with E-state index < -0.39 is 17.4 Å². The second-order valence-electron chi connectivity index (χ2n) is 5.25. The van der Waals surface area contributed by atoms with Crippen molar-refractivity contribution in [1.29, 1.82) is 0 Å². The standard InChI is InChI=1S/C17H12ClN3O4/c18-11-2-1-3-12-15(11)16(23)21-13(20-12)8-14(22)19-10-6-4-9(5-7-10)17(24)25/h1-7H,8H2,(H,19,22)(H,24,25)(H,20,21,23). The SMILES string of the molecule is O=C(Cc1nc2cccc(Cl)c2c(=O)[nH]1)Nc1ccc(C(=O)O)cc1. The highest BCUT2D eigenvalue weighted by Gasteiger charge is 2.11. The summed E-state index contributed by atoms with van der Waals surface area (Å²) in [5.74, 6) is -1.23. The molecule has 0 saturated carbocycles. The molecule has 1 aromatic heterocycles. The van der Waals surface area contributed by atoms with Crippen molar-refractivity contribution in [2.75, 3.05) is 5.32 Å². The fourth-order valence-corrected chi connectivity index (χ4v) is 2.59. The number of hydrogen-bond donors (Lipinski definition) is 3. The first-order valence-corrected chi connectivity index (χ1v) is 7.62. The van der Waals surface area contributed by atoms with Crippen LogP contribution in [0.2, 0.25) is 5.02 Å². The number of aromatic amines is 1. The lowest BCUT2D eigenvalue weighted by Crippen LogP contribution is -2.19. The number of H-pyrrole nitrogens is 1. The van der Waals surface area contributed by atoms with Gasteiger partial charge in [0.25, 0.3) is 5.56 Å². The number of amides is 1. The zero-order valence-electron chi connectivity index (χ0n) is 12.7. The fraction of sp³-hybridized carbons (Fsp3) is 0.0588. The van der Waals surface area contributed by atoms with Gasteiger partial charge in [0, 0.05) is 5.69 Å². The van der Waals surface area contributed by atoms with Gasteiger partial charge in [-0.2, -0.15) is 0 Å². The van der Waals surface area contributed by atoms with Crippen LogP contribution in [-0.4, -0.2) is 27.0 Å². The molecule has 126 valence electrons. The van der Waals surface area contributed by atoms with Gasteiger partial charge in [-0.1, -0.05) is 17.7 Å². The molecule has 3 rings (SSSR count). The van der Waals surface area contributed by atoms with Gasteiger partial charge >= 0.3 is 5.97 Å². The molecule has 25 heavy (non-hydrogen) atoms. The first-order chi connectivity index (χ1) is 11.9. The average molecular weight is 358 g/mol. The Morgan fingerprint density at radius 1 is 1.16 bits per heavy atom. The number of fused-ring (bicyclic) bond motifs is 1. The number of aromatic carboxylic acids is 1. The normalized spacial score (nSPS) is 10.6. The number of hydrogen-bond acceptors (Lipinski definition) is 4. The van der Waals surface area contributed by atoms with Crippen LogP contribution in [0.15, 0.2) is 47.3 Å². The summed E-state index contributed by atoms with van der Waals surface area (Å²) in [5, 5.41) is 12.0. The van der Waals surface area contributed by atoms with Gasteiger partial charge in [0.2, 0.25) is 5.91 Å². The average Bonchev–Trinajstić information content (AvgIpc) is 2.55. The highest BCUT2D eigenvalue weighted by Crippen LogP contribution is 2.18. The first-order valence-electron chi connectivity index (χ1n) is 7.24. The third kappa shape index (κ3) is 3.67. The van der Waals surface area contributed by atoms with Crippen LogP contribution in [-0.2, 0) is 11.2 Å². The van der Waals surface area contributed by atoms with E-state index in [1.54, 1.807) is 18.2 Å². The minimum atomic E-state index is -1.05. The molecule has 3 aromatic rings. The Morgan fingerprint density at radius 2 is 1.88 bits per heavy atom. The quantitative estimate of drug-likeness (QED) is 0.664. The highest BCUT2D eigenvalue weighted by molar-refractivity contribution is 6.35. The predicted octanol–water partition coefficient (Wildman–Crippen LogP) is 2.46. The number of nitrogens with one attached hydrogen (secondary N) is 2. The van der Waals surface area contributed by atoms with E-state index in [1.807, 2.05) is 0 Å². The van der Waals surface area contributed by atoms with Crippen molar-refractivity contribution >= 4 is 40.1 Å². The van der Waals surface area contributed by atoms with Crippen LogP contribution < -0.4 is 10.9 Å². The van der Waals surface area contributed by atoms with E-state index in [-0.39, 0.29) is 23.2 Å². The molecule has 1 amide bonds. The molecule has 8 heteroatoms. The fourth-order valence-electron chi connectivity index (χ4n) is 2.33. The first kappa shape index (κ1) is 16.7. The zero-order chi connectivity index (χ0) is 18.0. The van der Waals surface area contributed by atoms with Crippen molar-refractivity contribution in [3.63, 3.8) is 0 Å². The van der Waals surface area contributed by atoms with Gasteiger partial charge in [-0.05, 0) is 36.4 Å². The summed E-state index contributed by atoms with van der Waals surface area (Å²) in [6.45, 7) is 0. The molecule has 3 N–H and O–H groups in total. The summed E-state index contributed by atoms with van der Waals surface area (Å²) < 4.78 is 0. The third-order valence-corrected chi connectivity index (χ3v) is 3.79. The smallest absolute Gasteiger partial charge is 0.335 e. The van der Waals surface area contributed by atoms with Crippen molar-refractivity contribution < 1.29 is 14.7 Å². The zero-order valence-corrected chi connectivity index (χ0v) is 13.5. The van der Waals surface area contributed by atoms with Gasteiger partial charge in [-0.3, -0.25) is 9.59 Å². The lowest BCUT2D eigenvalue weighted by Gasteiger charge is -2.06. The number of aromatic nitrogens is 2. The van der Waals surface area contributed by atoms with E-state index in [0.717, 1.165) is 0 Å². The molecule has 7 nitrogen and oxygen atoms in total. The molecule has 1 heterocycles. The van der Waals surface area contributed by atoms with Crippen LogP contribution >= 0.6 is 11.6 Å². The Hall–Kier alpha value is -3.19. The number of rotatable bonds is 4. The van der Waals surface area contributed by atoms with Crippen molar-refractivity contribution in [2.24, 2.45) is 0 Å². The van der Waals surface area contributed by atoms with Gasteiger partial charge in [0.05, 0.1) is 27.9 Å². The molecule has 0 bridgehead atoms. The van der Waals surface area contributed by atoms with Crippen molar-refractivity contribution in [3.8, 4) is 0 Å². The van der Waals surface area contributed by atoms with E-state index >= 15 is 0 Å². The summed E-state index contributed by atoms with van der Waals surface area (Å²) >= 11 is 5.98. The Labute approximate surface area is 146 Å². The Balaban J connectivity index is 1.78. The second kappa shape index (κ2) is 6.74. The van der Waals surface area contributed by atoms with Crippen molar-refractivity contribution in [2.45, 2.75) is 6.42 Å². The number of carbonyl (C=O) groups is 2. The van der Waals surface area contributed by atoms with Crippen LogP contribution in [0.5, 0.6) is 0 Å². The Bertz CT molecular complexity index is 1030. The maximum Gasteiger partial charge on any atom is 0.335 e. The minimum absolute atomic E-state index is 0.121. The van der Waals surface area contributed by atoms with Crippen molar-refractivity contribution in [1.82, 2.24) is 9.97 Å². The summed E-state index contributed by atoms with van der Waals surface area (Å²) in [5.41, 5.74) is 0.561. The summed E-state index contributed by atoms with van der Waals surface area (Å²) in [4.78, 5) is 41.8. The number of anilines is 1. The molecule has 0 spiro atoms. The van der Waals surface area contributed by atoms with Gasteiger partial charge in [0.15, 0.2) is 0 Å². The molecule has 0 unspecified atom stereocenters. The highest BCUT2D eigenvalue weighted by atomic mass is 35.5. The number of benzene rings is 2. The second-order valence-corrected chi connectivity index (χ2v) is 5.66. The molecule has 0 aliphatic rings. The number of carbonyl (C=O) groups excluding carboxylic acids is 1. The van der Waals surface area contributed by atoms with E-state index in [2.05, 4.69) is 15.3 Å². The molecule has 0 aliphatic carbocycles. The van der Waals surface area contributed by atoms with E-state index in [1.165, 1.54) is 24.3 Å². The topological polar surface area (TPSA) is 112 Å². The van der Waals surface area contributed by atoms with Crippen LogP contribution in [0.4, 0.5) is 5.69 Å². The Kier molecular flexibility index (Phi) is 4.49. The third-order valence-electron chi connectivity index (χ3n) is 3.48. The van der Waals surface area contributed by atoms with E-state index in [0.29, 0.717) is 16.2 Å². The molecule has 0 atom stereocenters. The molecule has 0 saturated heterocycles. The van der Waals surface area contributed by atoms with E-state index in [4.69, 9.17) is 16.7 Å². The van der Waals surface area contributed by atoms with Crippen LogP contribution in [0.3, 0.4) is 0 Å². The lowest BCUT2D eigenvalue weighted by molar-refractivity contribution is -0.115. The molecular formula is C17H12ClN3O4. The number of nitrogens with zero attached hydrogens (tertiary/aromatic N) is 1. The van der Waals surface area contributed by atoms with E-state index in [9.17, 15) is 14.4 Å². The molecule has 0 aliphatic heterocycles. The lowest BCUT2D eigenvalue weighted by atomic mass is 10.2. The van der Waals surface area contributed by atoms with Crippen molar-refractivity contribution in [3.05, 3.63) is 69.2 Å². The predicted molar refractivity (Wildman–Crippen MR) is 93.1 cm³/mol. The van der Waals surface area contributed by atoms with Gasteiger partial charge < -0.3 is 15.4 Å². The number of carboxylic acid groups (broad SMARTS) is 1. The van der Waals surface area contributed by atoms with Gasteiger partial charge in [0.1, 0.15) is 5.82 Å². The maximum absolute atomic E-state index is 12.1. The molecule has 0 fully saturated rings. The molecule has 2 aromatic carbocycles. The summed E-state index contributed by atoms with van der Waals surface area (Å²) in [7, 11) is 0. The van der Waals surface area contributed by atoms with Crippen LogP contribution in [0, 0.1) is 0 Å².